The predicted molar refractivity (Wildman–Crippen MR) is 128 cm³/mol. The molecule has 1 saturated carbocycles. The van der Waals surface area contributed by atoms with E-state index in [1.165, 1.54) is 11.1 Å². The highest BCUT2D eigenvalue weighted by atomic mass is 16.5. The Bertz CT molecular complexity index is 1010. The quantitative estimate of drug-likeness (QED) is 0.508. The summed E-state index contributed by atoms with van der Waals surface area (Å²) in [6.07, 6.45) is 2.88. The molecular weight excluding hydrogens is 432 g/mol. The van der Waals surface area contributed by atoms with Crippen LogP contribution in [-0.4, -0.2) is 41.8 Å². The molecule has 1 fully saturated rings. The van der Waals surface area contributed by atoms with Crippen LogP contribution in [0.5, 0.6) is 0 Å². The number of rotatable bonds is 9. The molecular formula is C27H32N2O5. The Hall–Kier alpha value is -3.35. The summed E-state index contributed by atoms with van der Waals surface area (Å²) >= 11 is 0. The monoisotopic (exact) mass is 464 g/mol. The Morgan fingerprint density at radius 3 is 2.21 bits per heavy atom. The van der Waals surface area contributed by atoms with Crippen LogP contribution in [0, 0.1) is 5.92 Å². The minimum Gasteiger partial charge on any atom is -0.480 e. The number of benzene rings is 2. The molecule has 0 aliphatic heterocycles. The van der Waals surface area contributed by atoms with Crippen LogP contribution >= 0.6 is 0 Å². The lowest BCUT2D eigenvalue weighted by Crippen LogP contribution is -2.52. The highest BCUT2D eigenvalue weighted by Crippen LogP contribution is 2.44. The molecule has 3 N–H and O–H groups in total. The maximum absolute atomic E-state index is 12.3. The van der Waals surface area contributed by atoms with Gasteiger partial charge in [0.15, 0.2) is 0 Å². The van der Waals surface area contributed by atoms with Crippen LogP contribution in [0.1, 0.15) is 62.5 Å². The van der Waals surface area contributed by atoms with Crippen LogP contribution in [0.15, 0.2) is 48.5 Å². The van der Waals surface area contributed by atoms with Gasteiger partial charge in [0, 0.05) is 18.9 Å². The lowest BCUT2D eigenvalue weighted by molar-refractivity contribution is -0.147. The number of carboxylic acid groups (broad SMARTS) is 1. The first-order valence-electron chi connectivity index (χ1n) is 12.0. The molecule has 0 aromatic heterocycles. The van der Waals surface area contributed by atoms with Gasteiger partial charge < -0.3 is 20.5 Å². The number of nitrogens with one attached hydrogen (secondary N) is 2. The van der Waals surface area contributed by atoms with Crippen molar-refractivity contribution in [1.29, 1.82) is 0 Å². The number of fused-ring (bicyclic) bond motifs is 3. The Balaban J connectivity index is 1.21. The molecule has 2 aromatic carbocycles. The molecule has 7 nitrogen and oxygen atoms in total. The SMILES string of the molecule is CC(CCC(=O)NC1(C(=O)O)CCCC1)CNC(=O)OCC1c2ccccc2-c2ccccc21. The molecule has 0 bridgehead atoms. The standard InChI is InChI=1S/C27H32N2O5/c1-18(12-13-24(30)29-27(25(31)32)14-6-7-15-27)16-28-26(33)34-17-23-21-10-4-2-8-19(21)20-9-3-5-11-22(20)23/h2-5,8-11,18,23H,6-7,12-17H2,1H3,(H,28,33)(H,29,30)(H,31,32). The molecule has 0 saturated heterocycles. The number of hydrogen-bond donors (Lipinski definition) is 3. The summed E-state index contributed by atoms with van der Waals surface area (Å²) in [5.74, 6) is -1.15. The first-order valence-corrected chi connectivity index (χ1v) is 12.0. The molecule has 2 amide bonds. The van der Waals surface area contributed by atoms with Crippen molar-refractivity contribution in [3.63, 3.8) is 0 Å². The van der Waals surface area contributed by atoms with E-state index in [-0.39, 0.29) is 30.8 Å². The largest absolute Gasteiger partial charge is 0.480 e. The highest BCUT2D eigenvalue weighted by Gasteiger charge is 2.42. The van der Waals surface area contributed by atoms with Gasteiger partial charge in [0.1, 0.15) is 12.1 Å². The second kappa shape index (κ2) is 10.3. The van der Waals surface area contributed by atoms with Crippen molar-refractivity contribution in [2.75, 3.05) is 13.2 Å². The zero-order valence-electron chi connectivity index (χ0n) is 19.5. The fourth-order valence-electron chi connectivity index (χ4n) is 5.09. The van der Waals surface area contributed by atoms with Gasteiger partial charge in [-0.05, 0) is 47.4 Å². The van der Waals surface area contributed by atoms with E-state index in [2.05, 4.69) is 34.9 Å². The third-order valence-corrected chi connectivity index (χ3v) is 7.05. The average molecular weight is 465 g/mol. The van der Waals surface area contributed by atoms with Crippen molar-refractivity contribution < 1.29 is 24.2 Å². The summed E-state index contributed by atoms with van der Waals surface area (Å²) in [6.45, 7) is 2.58. The summed E-state index contributed by atoms with van der Waals surface area (Å²) in [5, 5.41) is 15.0. The molecule has 0 spiro atoms. The Morgan fingerprint density at radius 1 is 1.03 bits per heavy atom. The van der Waals surface area contributed by atoms with Gasteiger partial charge in [0.2, 0.25) is 5.91 Å². The molecule has 0 radical (unpaired) electrons. The van der Waals surface area contributed by atoms with E-state index in [1.807, 2.05) is 31.2 Å². The smallest absolute Gasteiger partial charge is 0.407 e. The van der Waals surface area contributed by atoms with Gasteiger partial charge in [-0.3, -0.25) is 4.79 Å². The van der Waals surface area contributed by atoms with Crippen LogP contribution in [0.4, 0.5) is 4.79 Å². The third-order valence-electron chi connectivity index (χ3n) is 7.05. The molecule has 1 unspecified atom stereocenters. The normalized spacial score (nSPS) is 16.9. The summed E-state index contributed by atoms with van der Waals surface area (Å²) < 4.78 is 5.55. The molecule has 4 rings (SSSR count). The zero-order chi connectivity index (χ0) is 24.1. The van der Waals surface area contributed by atoms with E-state index in [1.54, 1.807) is 0 Å². The minimum absolute atomic E-state index is 0.0106. The summed E-state index contributed by atoms with van der Waals surface area (Å²) in [4.78, 5) is 36.2. The van der Waals surface area contributed by atoms with Crippen LogP contribution in [0.3, 0.4) is 0 Å². The number of amides is 2. The van der Waals surface area contributed by atoms with Crippen LogP contribution in [-0.2, 0) is 14.3 Å². The van der Waals surface area contributed by atoms with E-state index in [0.29, 0.717) is 25.8 Å². The lowest BCUT2D eigenvalue weighted by Gasteiger charge is -2.25. The van der Waals surface area contributed by atoms with Crippen LogP contribution < -0.4 is 10.6 Å². The Labute approximate surface area is 199 Å². The van der Waals surface area contributed by atoms with E-state index in [4.69, 9.17) is 4.74 Å². The second-order valence-electron chi connectivity index (χ2n) is 9.49. The summed E-state index contributed by atoms with van der Waals surface area (Å²) in [6, 6.07) is 16.4. The van der Waals surface area contributed by atoms with Crippen molar-refractivity contribution in [2.45, 2.75) is 56.9 Å². The van der Waals surface area contributed by atoms with Gasteiger partial charge in [-0.25, -0.2) is 9.59 Å². The van der Waals surface area contributed by atoms with Gasteiger partial charge in [-0.1, -0.05) is 68.3 Å². The van der Waals surface area contributed by atoms with E-state index in [9.17, 15) is 19.5 Å². The molecule has 0 heterocycles. The van der Waals surface area contributed by atoms with Gasteiger partial charge in [0.05, 0.1) is 0 Å². The van der Waals surface area contributed by atoms with Crippen LogP contribution in [0.25, 0.3) is 11.1 Å². The maximum atomic E-state index is 12.3. The highest BCUT2D eigenvalue weighted by molar-refractivity contribution is 5.87. The number of ether oxygens (including phenoxy) is 1. The fourth-order valence-corrected chi connectivity index (χ4v) is 5.09. The summed E-state index contributed by atoms with van der Waals surface area (Å²) in [5.41, 5.74) is 3.58. The van der Waals surface area contributed by atoms with E-state index >= 15 is 0 Å². The number of hydrogen-bond acceptors (Lipinski definition) is 4. The van der Waals surface area contributed by atoms with Crippen molar-refractivity contribution in [1.82, 2.24) is 10.6 Å². The minimum atomic E-state index is -1.11. The first kappa shape index (κ1) is 23.8. The fraction of sp³-hybridized carbons (Fsp3) is 0.444. The number of carbonyl (C=O) groups excluding carboxylic acids is 2. The van der Waals surface area contributed by atoms with Gasteiger partial charge in [-0.2, -0.15) is 0 Å². The molecule has 1 atom stereocenters. The second-order valence-corrected chi connectivity index (χ2v) is 9.49. The van der Waals surface area contributed by atoms with E-state index in [0.717, 1.165) is 24.0 Å². The Kier molecular flexibility index (Phi) is 7.20. The van der Waals surface area contributed by atoms with Crippen molar-refractivity contribution >= 4 is 18.0 Å². The molecule has 2 aliphatic carbocycles. The first-order chi connectivity index (χ1) is 16.4. The van der Waals surface area contributed by atoms with Crippen molar-refractivity contribution in [3.05, 3.63) is 59.7 Å². The topological polar surface area (TPSA) is 105 Å². The average Bonchev–Trinajstić information content (AvgIpc) is 3.44. The number of aliphatic carboxylic acids is 1. The number of carboxylic acids is 1. The van der Waals surface area contributed by atoms with Gasteiger partial charge >= 0.3 is 12.1 Å². The molecule has 7 heteroatoms. The van der Waals surface area contributed by atoms with Gasteiger partial charge in [0.25, 0.3) is 0 Å². The van der Waals surface area contributed by atoms with Crippen LogP contribution in [0.2, 0.25) is 0 Å². The van der Waals surface area contributed by atoms with E-state index < -0.39 is 17.6 Å². The molecule has 2 aromatic rings. The number of alkyl carbamates (subject to hydrolysis) is 1. The third kappa shape index (κ3) is 5.08. The Morgan fingerprint density at radius 2 is 1.62 bits per heavy atom. The molecule has 180 valence electrons. The molecule has 34 heavy (non-hydrogen) atoms. The maximum Gasteiger partial charge on any atom is 0.407 e. The molecule has 2 aliphatic rings. The van der Waals surface area contributed by atoms with Crippen molar-refractivity contribution in [2.24, 2.45) is 5.92 Å². The zero-order valence-corrected chi connectivity index (χ0v) is 19.5. The number of carbonyl (C=O) groups is 3. The van der Waals surface area contributed by atoms with Gasteiger partial charge in [-0.15, -0.1) is 0 Å². The lowest BCUT2D eigenvalue weighted by atomic mass is 9.97. The van der Waals surface area contributed by atoms with Crippen molar-refractivity contribution in [3.8, 4) is 11.1 Å². The predicted octanol–water partition coefficient (Wildman–Crippen LogP) is 4.46. The summed E-state index contributed by atoms with van der Waals surface area (Å²) in [7, 11) is 0.